The van der Waals surface area contributed by atoms with Gasteiger partial charge in [-0.1, -0.05) is 12.1 Å². The lowest BCUT2D eigenvalue weighted by Gasteiger charge is -2.03. The summed E-state index contributed by atoms with van der Waals surface area (Å²) in [7, 11) is 1.38. The minimum absolute atomic E-state index is 0.0489. The zero-order chi connectivity index (χ0) is 10.8. The molecule has 0 bridgehead atoms. The van der Waals surface area contributed by atoms with Crippen molar-refractivity contribution in [3.63, 3.8) is 0 Å². The SMILES string of the molecule is COC(=O)Cc1ccc2c(c1)OC[C@@H]2N. The van der Waals surface area contributed by atoms with E-state index >= 15 is 0 Å². The van der Waals surface area contributed by atoms with Gasteiger partial charge in [0.2, 0.25) is 0 Å². The lowest BCUT2D eigenvalue weighted by atomic mass is 10.1. The second-order valence-corrected chi connectivity index (χ2v) is 3.54. The number of esters is 1. The fourth-order valence-electron chi connectivity index (χ4n) is 1.63. The molecule has 1 atom stereocenters. The van der Waals surface area contributed by atoms with E-state index in [1.165, 1.54) is 7.11 Å². The van der Waals surface area contributed by atoms with Crippen molar-refractivity contribution in [3.05, 3.63) is 29.3 Å². The second kappa shape index (κ2) is 3.90. The van der Waals surface area contributed by atoms with E-state index in [4.69, 9.17) is 10.5 Å². The fraction of sp³-hybridized carbons (Fsp3) is 0.364. The number of hydrogen-bond acceptors (Lipinski definition) is 4. The van der Waals surface area contributed by atoms with Crippen LogP contribution in [0.1, 0.15) is 17.2 Å². The second-order valence-electron chi connectivity index (χ2n) is 3.54. The zero-order valence-electron chi connectivity index (χ0n) is 8.53. The third-order valence-electron chi connectivity index (χ3n) is 2.47. The van der Waals surface area contributed by atoms with Crippen LogP contribution in [0.2, 0.25) is 0 Å². The van der Waals surface area contributed by atoms with Crippen LogP contribution >= 0.6 is 0 Å². The zero-order valence-corrected chi connectivity index (χ0v) is 8.53. The molecule has 2 N–H and O–H groups in total. The van der Waals surface area contributed by atoms with Crippen LogP contribution in [0.3, 0.4) is 0 Å². The van der Waals surface area contributed by atoms with Crippen molar-refractivity contribution in [2.75, 3.05) is 13.7 Å². The molecule has 0 fully saturated rings. The van der Waals surface area contributed by atoms with Gasteiger partial charge in [0.05, 0.1) is 19.6 Å². The molecule has 1 aromatic rings. The summed E-state index contributed by atoms with van der Waals surface area (Å²) < 4.78 is 9.98. The highest BCUT2D eigenvalue weighted by atomic mass is 16.5. The van der Waals surface area contributed by atoms with Crippen LogP contribution in [-0.2, 0) is 16.0 Å². The number of rotatable bonds is 2. The summed E-state index contributed by atoms with van der Waals surface area (Å²) in [5.41, 5.74) is 7.69. The predicted octanol–water partition coefficient (Wildman–Crippen LogP) is 0.794. The van der Waals surface area contributed by atoms with Gasteiger partial charge in [-0.15, -0.1) is 0 Å². The summed E-state index contributed by atoms with van der Waals surface area (Å²) in [6.07, 6.45) is 0.266. The number of hydrogen-bond donors (Lipinski definition) is 1. The van der Waals surface area contributed by atoms with Gasteiger partial charge in [0.1, 0.15) is 12.4 Å². The van der Waals surface area contributed by atoms with Crippen molar-refractivity contribution >= 4 is 5.97 Å². The van der Waals surface area contributed by atoms with E-state index in [1.54, 1.807) is 0 Å². The Hall–Kier alpha value is -1.55. The first-order valence-corrected chi connectivity index (χ1v) is 4.78. The molecule has 4 nitrogen and oxygen atoms in total. The lowest BCUT2D eigenvalue weighted by Crippen LogP contribution is -2.10. The maximum Gasteiger partial charge on any atom is 0.309 e. The Morgan fingerprint density at radius 1 is 1.67 bits per heavy atom. The summed E-state index contributed by atoms with van der Waals surface area (Å²) in [6.45, 7) is 0.511. The molecule has 2 rings (SSSR count). The molecule has 0 spiro atoms. The average molecular weight is 207 g/mol. The predicted molar refractivity (Wildman–Crippen MR) is 54.6 cm³/mol. The minimum atomic E-state index is -0.253. The molecule has 0 amide bonds. The summed E-state index contributed by atoms with van der Waals surface area (Å²) in [5, 5.41) is 0. The van der Waals surface area contributed by atoms with Crippen LogP contribution in [0.4, 0.5) is 0 Å². The Bertz CT molecular complexity index is 389. The highest BCUT2D eigenvalue weighted by Gasteiger charge is 2.20. The number of carbonyl (C=O) groups excluding carboxylic acids is 1. The monoisotopic (exact) mass is 207 g/mol. The van der Waals surface area contributed by atoms with Crippen molar-refractivity contribution in [1.29, 1.82) is 0 Å². The molecule has 0 aromatic heterocycles. The van der Waals surface area contributed by atoms with Crippen LogP contribution in [-0.4, -0.2) is 19.7 Å². The maximum atomic E-state index is 11.1. The molecular weight excluding hydrogens is 194 g/mol. The Kier molecular flexibility index (Phi) is 2.60. The molecule has 4 heteroatoms. The van der Waals surface area contributed by atoms with E-state index in [0.29, 0.717) is 6.61 Å². The van der Waals surface area contributed by atoms with Crippen LogP contribution in [0.5, 0.6) is 5.75 Å². The smallest absolute Gasteiger partial charge is 0.309 e. The van der Waals surface area contributed by atoms with Gasteiger partial charge in [-0.3, -0.25) is 4.79 Å². The molecule has 1 heterocycles. The van der Waals surface area contributed by atoms with E-state index in [9.17, 15) is 4.79 Å². The van der Waals surface area contributed by atoms with E-state index in [2.05, 4.69) is 4.74 Å². The first-order chi connectivity index (χ1) is 7.20. The largest absolute Gasteiger partial charge is 0.491 e. The van der Waals surface area contributed by atoms with Crippen LogP contribution in [0, 0.1) is 0 Å². The van der Waals surface area contributed by atoms with E-state index in [0.717, 1.165) is 16.9 Å². The van der Waals surface area contributed by atoms with Gasteiger partial charge in [-0.2, -0.15) is 0 Å². The van der Waals surface area contributed by atoms with E-state index in [-0.39, 0.29) is 18.4 Å². The summed E-state index contributed by atoms with van der Waals surface area (Å²) in [6, 6.07) is 5.58. The van der Waals surface area contributed by atoms with Crippen molar-refractivity contribution in [1.82, 2.24) is 0 Å². The number of benzene rings is 1. The van der Waals surface area contributed by atoms with Gasteiger partial charge in [0.15, 0.2) is 0 Å². The van der Waals surface area contributed by atoms with Crippen molar-refractivity contribution in [2.24, 2.45) is 5.73 Å². The summed E-state index contributed by atoms with van der Waals surface area (Å²) in [5.74, 6) is 0.529. The highest BCUT2D eigenvalue weighted by Crippen LogP contribution is 2.31. The van der Waals surface area contributed by atoms with Gasteiger partial charge < -0.3 is 15.2 Å². The standard InChI is InChI=1S/C11H13NO3/c1-14-11(13)5-7-2-3-8-9(12)6-15-10(8)4-7/h2-4,9H,5-6,12H2,1H3/t9-/m0/s1. The summed E-state index contributed by atoms with van der Waals surface area (Å²) in [4.78, 5) is 11.1. The number of methoxy groups -OCH3 is 1. The molecule has 1 aliphatic heterocycles. The third-order valence-corrected chi connectivity index (χ3v) is 2.47. The molecule has 0 saturated heterocycles. The Morgan fingerprint density at radius 2 is 2.47 bits per heavy atom. The maximum absolute atomic E-state index is 11.1. The first kappa shape index (κ1) is 9.98. The molecule has 80 valence electrons. The topological polar surface area (TPSA) is 61.5 Å². The van der Waals surface area contributed by atoms with Crippen LogP contribution in [0.15, 0.2) is 18.2 Å². The molecular formula is C11H13NO3. The Balaban J connectivity index is 2.19. The quantitative estimate of drug-likeness (QED) is 0.728. The van der Waals surface area contributed by atoms with Crippen molar-refractivity contribution in [3.8, 4) is 5.75 Å². The molecule has 0 aliphatic carbocycles. The molecule has 1 aliphatic rings. The third kappa shape index (κ3) is 1.94. The van der Waals surface area contributed by atoms with Crippen LogP contribution < -0.4 is 10.5 Å². The normalized spacial score (nSPS) is 18.1. The van der Waals surface area contributed by atoms with Gasteiger partial charge in [-0.25, -0.2) is 0 Å². The lowest BCUT2D eigenvalue weighted by molar-refractivity contribution is -0.139. The number of fused-ring (bicyclic) bond motifs is 1. The van der Waals surface area contributed by atoms with Gasteiger partial charge >= 0.3 is 5.97 Å². The van der Waals surface area contributed by atoms with E-state index in [1.807, 2.05) is 18.2 Å². The van der Waals surface area contributed by atoms with Crippen molar-refractivity contribution < 1.29 is 14.3 Å². The molecule has 1 aromatic carbocycles. The van der Waals surface area contributed by atoms with Gasteiger partial charge in [0, 0.05) is 5.56 Å². The molecule has 0 saturated carbocycles. The summed E-state index contributed by atoms with van der Waals surface area (Å²) >= 11 is 0. The number of carbonyl (C=O) groups is 1. The number of ether oxygens (including phenoxy) is 2. The Labute approximate surface area is 88.0 Å². The van der Waals surface area contributed by atoms with Crippen LogP contribution in [0.25, 0.3) is 0 Å². The molecule has 0 radical (unpaired) electrons. The van der Waals surface area contributed by atoms with Gasteiger partial charge in [0.25, 0.3) is 0 Å². The fourth-order valence-corrected chi connectivity index (χ4v) is 1.63. The Morgan fingerprint density at radius 3 is 3.20 bits per heavy atom. The average Bonchev–Trinajstić information content (AvgIpc) is 2.60. The minimum Gasteiger partial charge on any atom is -0.491 e. The number of nitrogens with two attached hydrogens (primary N) is 1. The first-order valence-electron chi connectivity index (χ1n) is 4.78. The van der Waals surface area contributed by atoms with E-state index < -0.39 is 0 Å². The van der Waals surface area contributed by atoms with Gasteiger partial charge in [-0.05, 0) is 11.6 Å². The van der Waals surface area contributed by atoms with Crippen molar-refractivity contribution in [2.45, 2.75) is 12.5 Å². The highest BCUT2D eigenvalue weighted by molar-refractivity contribution is 5.72. The molecule has 0 unspecified atom stereocenters. The molecule has 15 heavy (non-hydrogen) atoms.